The molecule has 0 radical (unpaired) electrons. The van der Waals surface area contributed by atoms with Crippen LogP contribution in [0.1, 0.15) is 55.7 Å². The molecule has 1 unspecified atom stereocenters. The Morgan fingerprint density at radius 2 is 2.00 bits per heavy atom. The van der Waals surface area contributed by atoms with Gasteiger partial charge in [-0.3, -0.25) is 0 Å². The Bertz CT molecular complexity index is 318. The van der Waals surface area contributed by atoms with Crippen molar-refractivity contribution in [1.82, 2.24) is 10.3 Å². The van der Waals surface area contributed by atoms with E-state index >= 15 is 0 Å². The van der Waals surface area contributed by atoms with Crippen LogP contribution in [-0.2, 0) is 6.42 Å². The molecule has 1 aromatic rings. The third-order valence-corrected chi connectivity index (χ3v) is 4.23. The Hall–Kier alpha value is -0.410. The molecule has 1 heterocycles. The molecule has 0 aliphatic heterocycles. The van der Waals surface area contributed by atoms with E-state index in [4.69, 9.17) is 0 Å². The number of aryl methyl sites for hydroxylation is 2. The van der Waals surface area contributed by atoms with E-state index < -0.39 is 0 Å². The Morgan fingerprint density at radius 3 is 2.50 bits per heavy atom. The first-order chi connectivity index (χ1) is 7.54. The summed E-state index contributed by atoms with van der Waals surface area (Å²) in [6.45, 7) is 12.1. The molecular formula is C13H24N2S. The van der Waals surface area contributed by atoms with Gasteiger partial charge in [-0.2, -0.15) is 0 Å². The highest BCUT2D eigenvalue weighted by atomic mass is 32.1. The van der Waals surface area contributed by atoms with Gasteiger partial charge in [0.25, 0.3) is 0 Å². The summed E-state index contributed by atoms with van der Waals surface area (Å²) in [5, 5.41) is 4.83. The molecule has 0 bridgehead atoms. The third kappa shape index (κ3) is 3.87. The van der Waals surface area contributed by atoms with Crippen molar-refractivity contribution in [3.63, 3.8) is 0 Å². The fourth-order valence-electron chi connectivity index (χ4n) is 1.70. The first-order valence-electron chi connectivity index (χ1n) is 6.24. The van der Waals surface area contributed by atoms with E-state index in [1.165, 1.54) is 22.0 Å². The molecule has 0 aliphatic rings. The fourth-order valence-corrected chi connectivity index (χ4v) is 2.73. The lowest BCUT2D eigenvalue weighted by molar-refractivity contribution is 0.499. The molecule has 0 aliphatic carbocycles. The van der Waals surface area contributed by atoms with E-state index in [-0.39, 0.29) is 0 Å². The van der Waals surface area contributed by atoms with Gasteiger partial charge in [-0.1, -0.05) is 20.8 Å². The van der Waals surface area contributed by atoms with Crippen molar-refractivity contribution >= 4 is 11.3 Å². The van der Waals surface area contributed by atoms with Gasteiger partial charge in [0.1, 0.15) is 0 Å². The Labute approximate surface area is 103 Å². The lowest BCUT2D eigenvalue weighted by Crippen LogP contribution is -2.20. The van der Waals surface area contributed by atoms with Crippen molar-refractivity contribution in [1.29, 1.82) is 0 Å². The van der Waals surface area contributed by atoms with Gasteiger partial charge < -0.3 is 5.32 Å². The average Bonchev–Trinajstić information content (AvgIpc) is 2.59. The van der Waals surface area contributed by atoms with Gasteiger partial charge >= 0.3 is 0 Å². The van der Waals surface area contributed by atoms with Crippen LogP contribution in [0.2, 0.25) is 0 Å². The Balaban J connectivity index is 2.51. The second-order valence-electron chi connectivity index (χ2n) is 4.77. The van der Waals surface area contributed by atoms with Gasteiger partial charge in [-0.15, -0.1) is 11.3 Å². The van der Waals surface area contributed by atoms with E-state index in [2.05, 4.69) is 44.9 Å². The van der Waals surface area contributed by atoms with E-state index in [1.807, 2.05) is 11.3 Å². The molecule has 0 aromatic carbocycles. The van der Waals surface area contributed by atoms with Crippen LogP contribution in [0.25, 0.3) is 0 Å². The topological polar surface area (TPSA) is 24.9 Å². The second kappa shape index (κ2) is 6.36. The van der Waals surface area contributed by atoms with Crippen LogP contribution in [0.5, 0.6) is 0 Å². The number of nitrogens with one attached hydrogen (secondary N) is 1. The monoisotopic (exact) mass is 240 g/mol. The molecule has 1 atom stereocenters. The number of aromatic nitrogens is 1. The van der Waals surface area contributed by atoms with Gasteiger partial charge in [0, 0.05) is 10.9 Å². The van der Waals surface area contributed by atoms with Crippen LogP contribution < -0.4 is 5.32 Å². The van der Waals surface area contributed by atoms with Crippen molar-refractivity contribution < 1.29 is 0 Å². The highest BCUT2D eigenvalue weighted by Gasteiger charge is 2.12. The fraction of sp³-hybridized carbons (Fsp3) is 0.769. The molecule has 0 saturated heterocycles. The maximum atomic E-state index is 4.57. The molecule has 2 nitrogen and oxygen atoms in total. The van der Waals surface area contributed by atoms with Gasteiger partial charge in [0.2, 0.25) is 0 Å². The van der Waals surface area contributed by atoms with Crippen LogP contribution in [-0.4, -0.2) is 11.5 Å². The molecule has 1 aromatic heterocycles. The zero-order valence-corrected chi connectivity index (χ0v) is 11.9. The summed E-state index contributed by atoms with van der Waals surface area (Å²) in [4.78, 5) is 5.98. The van der Waals surface area contributed by atoms with E-state index in [0.29, 0.717) is 6.04 Å². The number of nitrogens with zero attached hydrogens (tertiary/aromatic N) is 1. The molecular weight excluding hydrogens is 216 g/mol. The van der Waals surface area contributed by atoms with Gasteiger partial charge in [0.05, 0.1) is 10.7 Å². The summed E-state index contributed by atoms with van der Waals surface area (Å²) >= 11 is 1.85. The normalized spacial score (nSPS) is 13.4. The van der Waals surface area contributed by atoms with Gasteiger partial charge in [-0.25, -0.2) is 4.98 Å². The van der Waals surface area contributed by atoms with Crippen molar-refractivity contribution in [2.24, 2.45) is 5.92 Å². The SMILES string of the molecule is CCc1nc(C)c(C(C)NCCC(C)C)s1. The zero-order valence-electron chi connectivity index (χ0n) is 11.1. The largest absolute Gasteiger partial charge is 0.309 e. The lowest BCUT2D eigenvalue weighted by Gasteiger charge is -2.13. The zero-order chi connectivity index (χ0) is 12.1. The standard InChI is InChI=1S/C13H24N2S/c1-6-12-15-11(5)13(16-12)10(4)14-8-7-9(2)3/h9-10,14H,6-8H2,1-5H3. The summed E-state index contributed by atoms with van der Waals surface area (Å²) in [5.74, 6) is 0.772. The number of hydrogen-bond acceptors (Lipinski definition) is 3. The molecule has 1 rings (SSSR count). The highest BCUT2D eigenvalue weighted by Crippen LogP contribution is 2.25. The molecule has 3 heteroatoms. The minimum absolute atomic E-state index is 0.441. The van der Waals surface area contributed by atoms with Gasteiger partial charge in [-0.05, 0) is 39.2 Å². The van der Waals surface area contributed by atoms with Crippen LogP contribution in [0.15, 0.2) is 0 Å². The molecule has 0 amide bonds. The first-order valence-corrected chi connectivity index (χ1v) is 7.05. The molecule has 0 fully saturated rings. The smallest absolute Gasteiger partial charge is 0.0928 e. The van der Waals surface area contributed by atoms with E-state index in [9.17, 15) is 0 Å². The molecule has 16 heavy (non-hydrogen) atoms. The van der Waals surface area contributed by atoms with Crippen molar-refractivity contribution in [3.8, 4) is 0 Å². The summed E-state index contributed by atoms with van der Waals surface area (Å²) < 4.78 is 0. The van der Waals surface area contributed by atoms with Crippen molar-refractivity contribution in [2.45, 2.75) is 53.5 Å². The van der Waals surface area contributed by atoms with Crippen LogP contribution in [0.4, 0.5) is 0 Å². The maximum absolute atomic E-state index is 4.57. The Kier molecular flexibility index (Phi) is 5.42. The molecule has 1 N–H and O–H groups in total. The predicted molar refractivity (Wildman–Crippen MR) is 72.1 cm³/mol. The predicted octanol–water partition coefficient (Wildman–Crippen LogP) is 3.71. The Morgan fingerprint density at radius 1 is 1.31 bits per heavy atom. The summed E-state index contributed by atoms with van der Waals surface area (Å²) in [6.07, 6.45) is 2.28. The van der Waals surface area contributed by atoms with Crippen LogP contribution in [0, 0.1) is 12.8 Å². The number of thiazole rings is 1. The maximum Gasteiger partial charge on any atom is 0.0928 e. The van der Waals surface area contributed by atoms with E-state index in [1.54, 1.807) is 0 Å². The van der Waals surface area contributed by atoms with Crippen molar-refractivity contribution in [2.75, 3.05) is 6.54 Å². The minimum atomic E-state index is 0.441. The third-order valence-electron chi connectivity index (χ3n) is 2.74. The second-order valence-corrected chi connectivity index (χ2v) is 5.88. The molecule has 0 spiro atoms. The van der Waals surface area contributed by atoms with E-state index in [0.717, 1.165) is 18.9 Å². The number of rotatable bonds is 6. The molecule has 92 valence electrons. The van der Waals surface area contributed by atoms with Crippen LogP contribution >= 0.6 is 11.3 Å². The van der Waals surface area contributed by atoms with Crippen molar-refractivity contribution in [3.05, 3.63) is 15.6 Å². The highest BCUT2D eigenvalue weighted by molar-refractivity contribution is 7.11. The average molecular weight is 240 g/mol. The quantitative estimate of drug-likeness (QED) is 0.820. The summed E-state index contributed by atoms with van der Waals surface area (Å²) in [5.41, 5.74) is 1.20. The van der Waals surface area contributed by atoms with Gasteiger partial charge in [0.15, 0.2) is 0 Å². The summed E-state index contributed by atoms with van der Waals surface area (Å²) in [6, 6.07) is 0.441. The molecule has 0 saturated carbocycles. The first kappa shape index (κ1) is 13.7. The lowest BCUT2D eigenvalue weighted by atomic mass is 10.1. The minimum Gasteiger partial charge on any atom is -0.309 e. The number of hydrogen-bond donors (Lipinski definition) is 1. The summed E-state index contributed by atoms with van der Waals surface area (Å²) in [7, 11) is 0. The van der Waals surface area contributed by atoms with Crippen LogP contribution in [0.3, 0.4) is 0 Å².